The van der Waals surface area contributed by atoms with Crippen LogP contribution in [0, 0.1) is 10.1 Å². The summed E-state index contributed by atoms with van der Waals surface area (Å²) in [4.78, 5) is 15.1. The fourth-order valence-electron chi connectivity index (χ4n) is 2.60. The number of hydrogen-bond acceptors (Lipinski definition) is 6. The highest BCUT2D eigenvalue weighted by atomic mass is 32.2. The molecule has 0 radical (unpaired) electrons. The largest absolute Gasteiger partial charge is 0.370 e. The lowest BCUT2D eigenvalue weighted by atomic mass is 10.2. The fourth-order valence-corrected chi connectivity index (χ4v) is 3.54. The minimum Gasteiger partial charge on any atom is -0.370 e. The van der Waals surface area contributed by atoms with E-state index >= 15 is 0 Å². The molecular formula is C14H22N4O2S. The van der Waals surface area contributed by atoms with Crippen LogP contribution in [0.2, 0.25) is 0 Å². The van der Waals surface area contributed by atoms with Crippen LogP contribution >= 0.6 is 11.8 Å². The van der Waals surface area contributed by atoms with E-state index in [4.69, 9.17) is 0 Å². The quantitative estimate of drug-likeness (QED) is 0.592. The highest BCUT2D eigenvalue weighted by Gasteiger charge is 2.27. The molecule has 0 bridgehead atoms. The fraction of sp³-hybridized carbons (Fsp3) is 0.643. The number of hydrogen-bond donors (Lipinski definition) is 2. The predicted molar refractivity (Wildman–Crippen MR) is 88.2 cm³/mol. The molecule has 0 spiro atoms. The molecule has 2 N–H and O–H groups in total. The zero-order chi connectivity index (χ0) is 15.2. The third kappa shape index (κ3) is 4.23. The Hall–Kier alpha value is -1.50. The van der Waals surface area contributed by atoms with Crippen molar-refractivity contribution < 1.29 is 4.92 Å². The predicted octanol–water partition coefficient (Wildman–Crippen LogP) is 3.51. The van der Waals surface area contributed by atoms with Gasteiger partial charge in [-0.2, -0.15) is 11.8 Å². The molecule has 1 saturated carbocycles. The third-order valence-electron chi connectivity index (χ3n) is 3.67. The SMILES string of the molecule is CCCNc1cc([N+](=O)[O-])cc(NC2CCCC2SC)n1. The van der Waals surface area contributed by atoms with Crippen LogP contribution in [0.25, 0.3) is 0 Å². The summed E-state index contributed by atoms with van der Waals surface area (Å²) in [5.41, 5.74) is 0.0739. The second kappa shape index (κ2) is 7.49. The number of nitrogens with zero attached hydrogens (tertiary/aromatic N) is 2. The Morgan fingerprint density at radius 1 is 1.43 bits per heavy atom. The first kappa shape index (κ1) is 15.9. The molecule has 0 aromatic carbocycles. The van der Waals surface area contributed by atoms with Gasteiger partial charge in [0.15, 0.2) is 0 Å². The van der Waals surface area contributed by atoms with Crippen molar-refractivity contribution in [1.29, 1.82) is 0 Å². The maximum Gasteiger partial charge on any atom is 0.276 e. The van der Waals surface area contributed by atoms with Gasteiger partial charge in [-0.25, -0.2) is 4.98 Å². The van der Waals surface area contributed by atoms with Crippen molar-refractivity contribution in [3.05, 3.63) is 22.2 Å². The van der Waals surface area contributed by atoms with Crippen molar-refractivity contribution in [2.45, 2.75) is 43.9 Å². The topological polar surface area (TPSA) is 80.1 Å². The molecule has 2 unspecified atom stereocenters. The molecule has 0 amide bonds. The van der Waals surface area contributed by atoms with Crippen molar-refractivity contribution in [2.24, 2.45) is 0 Å². The molecule has 0 saturated heterocycles. The minimum absolute atomic E-state index is 0.0739. The molecule has 1 heterocycles. The molecule has 2 atom stereocenters. The first-order valence-electron chi connectivity index (χ1n) is 7.33. The molecule has 1 aromatic rings. The van der Waals surface area contributed by atoms with Crippen LogP contribution in [-0.4, -0.2) is 34.0 Å². The van der Waals surface area contributed by atoms with Gasteiger partial charge in [0.25, 0.3) is 5.69 Å². The van der Waals surface area contributed by atoms with Crippen LogP contribution < -0.4 is 10.6 Å². The van der Waals surface area contributed by atoms with Crippen LogP contribution in [0.15, 0.2) is 12.1 Å². The summed E-state index contributed by atoms with van der Waals surface area (Å²) in [7, 11) is 0. The van der Waals surface area contributed by atoms with Gasteiger partial charge in [0.05, 0.1) is 17.1 Å². The molecule has 1 aliphatic carbocycles. The first-order valence-corrected chi connectivity index (χ1v) is 8.62. The van der Waals surface area contributed by atoms with E-state index in [1.807, 2.05) is 18.7 Å². The molecule has 2 rings (SSSR count). The van der Waals surface area contributed by atoms with Gasteiger partial charge in [0.1, 0.15) is 11.6 Å². The Labute approximate surface area is 129 Å². The van der Waals surface area contributed by atoms with Crippen LogP contribution in [0.5, 0.6) is 0 Å². The Kier molecular flexibility index (Phi) is 5.67. The van der Waals surface area contributed by atoms with E-state index in [1.165, 1.54) is 25.0 Å². The van der Waals surface area contributed by atoms with Gasteiger partial charge in [-0.15, -0.1) is 0 Å². The second-order valence-corrected chi connectivity index (χ2v) is 6.31. The van der Waals surface area contributed by atoms with Crippen molar-refractivity contribution in [1.82, 2.24) is 4.98 Å². The van der Waals surface area contributed by atoms with E-state index in [0.717, 1.165) is 19.4 Å². The van der Waals surface area contributed by atoms with Crippen molar-refractivity contribution in [2.75, 3.05) is 23.4 Å². The van der Waals surface area contributed by atoms with Gasteiger partial charge in [0, 0.05) is 17.8 Å². The Morgan fingerprint density at radius 3 is 2.86 bits per heavy atom. The molecular weight excluding hydrogens is 288 g/mol. The zero-order valence-electron chi connectivity index (χ0n) is 12.5. The zero-order valence-corrected chi connectivity index (χ0v) is 13.3. The van der Waals surface area contributed by atoms with Crippen molar-refractivity contribution >= 4 is 29.1 Å². The molecule has 1 aromatic heterocycles. The van der Waals surface area contributed by atoms with Gasteiger partial charge in [0.2, 0.25) is 0 Å². The second-order valence-electron chi connectivity index (χ2n) is 5.24. The standard InChI is InChI=1S/C14H22N4O2S/c1-3-7-15-13-8-10(18(19)20)9-14(17-13)16-11-5-4-6-12(11)21-2/h8-9,11-12H,3-7H2,1-2H3,(H2,15,16,17). The number of nitrogens with one attached hydrogen (secondary N) is 2. The summed E-state index contributed by atoms with van der Waals surface area (Å²) >= 11 is 1.85. The summed E-state index contributed by atoms with van der Waals surface area (Å²) in [5.74, 6) is 1.15. The lowest BCUT2D eigenvalue weighted by molar-refractivity contribution is -0.384. The molecule has 6 nitrogen and oxygen atoms in total. The highest BCUT2D eigenvalue weighted by molar-refractivity contribution is 7.99. The smallest absolute Gasteiger partial charge is 0.276 e. The highest BCUT2D eigenvalue weighted by Crippen LogP contribution is 2.31. The normalized spacial score (nSPS) is 21.2. The van der Waals surface area contributed by atoms with Crippen LogP contribution in [-0.2, 0) is 0 Å². The van der Waals surface area contributed by atoms with Crippen LogP contribution in [0.1, 0.15) is 32.6 Å². The van der Waals surface area contributed by atoms with Gasteiger partial charge in [-0.05, 0) is 25.5 Å². The first-order chi connectivity index (χ1) is 10.1. The number of anilines is 2. The summed E-state index contributed by atoms with van der Waals surface area (Å²) in [6, 6.07) is 3.35. The Morgan fingerprint density at radius 2 is 2.19 bits per heavy atom. The van der Waals surface area contributed by atoms with Crippen LogP contribution in [0.3, 0.4) is 0 Å². The summed E-state index contributed by atoms with van der Waals surface area (Å²) in [5, 5.41) is 18.1. The maximum atomic E-state index is 11.1. The number of rotatable bonds is 7. The van der Waals surface area contributed by atoms with Gasteiger partial charge in [-0.3, -0.25) is 10.1 Å². The van der Waals surface area contributed by atoms with Crippen molar-refractivity contribution in [3.8, 4) is 0 Å². The van der Waals surface area contributed by atoms with E-state index in [0.29, 0.717) is 22.9 Å². The molecule has 21 heavy (non-hydrogen) atoms. The number of thioether (sulfide) groups is 1. The Bertz CT molecular complexity index is 498. The molecule has 116 valence electrons. The average molecular weight is 310 g/mol. The number of nitro groups is 1. The summed E-state index contributed by atoms with van der Waals surface area (Å²) < 4.78 is 0. The summed E-state index contributed by atoms with van der Waals surface area (Å²) in [6.07, 6.45) is 6.53. The number of pyridine rings is 1. The Balaban J connectivity index is 2.16. The maximum absolute atomic E-state index is 11.1. The van der Waals surface area contributed by atoms with E-state index in [2.05, 4.69) is 21.9 Å². The molecule has 0 aliphatic heterocycles. The minimum atomic E-state index is -0.370. The third-order valence-corrected chi connectivity index (χ3v) is 4.84. The van der Waals surface area contributed by atoms with E-state index in [-0.39, 0.29) is 10.6 Å². The molecule has 1 fully saturated rings. The lowest BCUT2D eigenvalue weighted by Crippen LogP contribution is -2.26. The lowest BCUT2D eigenvalue weighted by Gasteiger charge is -2.20. The number of aromatic nitrogens is 1. The summed E-state index contributed by atoms with van der Waals surface area (Å²) in [6.45, 7) is 2.80. The monoisotopic (exact) mass is 310 g/mol. The van der Waals surface area contributed by atoms with Crippen molar-refractivity contribution in [3.63, 3.8) is 0 Å². The van der Waals surface area contributed by atoms with E-state index in [1.54, 1.807) is 0 Å². The average Bonchev–Trinajstić information content (AvgIpc) is 2.92. The van der Waals surface area contributed by atoms with Crippen LogP contribution in [0.4, 0.5) is 17.3 Å². The van der Waals surface area contributed by atoms with Gasteiger partial charge in [-0.1, -0.05) is 13.3 Å². The van der Waals surface area contributed by atoms with Gasteiger partial charge < -0.3 is 10.6 Å². The van der Waals surface area contributed by atoms with E-state index in [9.17, 15) is 10.1 Å². The molecule has 1 aliphatic rings. The van der Waals surface area contributed by atoms with Gasteiger partial charge >= 0.3 is 0 Å². The van der Waals surface area contributed by atoms with E-state index < -0.39 is 0 Å². The molecule has 7 heteroatoms.